The Morgan fingerprint density at radius 3 is 2.10 bits per heavy atom. The molecule has 3 rings (SSSR count). The van der Waals surface area contributed by atoms with Crippen LogP contribution in [-0.2, 0) is 26.2 Å². The van der Waals surface area contributed by atoms with E-state index in [1.165, 1.54) is 29.2 Å². The van der Waals surface area contributed by atoms with Crippen molar-refractivity contribution in [3.05, 3.63) is 93.4 Å². The van der Waals surface area contributed by atoms with Crippen molar-refractivity contribution < 1.29 is 18.0 Å². The minimum atomic E-state index is -4.18. The molecule has 0 spiro atoms. The van der Waals surface area contributed by atoms with Gasteiger partial charge in [0.25, 0.3) is 10.0 Å². The molecule has 0 aromatic heterocycles. The molecule has 2 amide bonds. The Morgan fingerprint density at radius 1 is 0.897 bits per heavy atom. The van der Waals surface area contributed by atoms with E-state index in [1.54, 1.807) is 55.5 Å². The zero-order chi connectivity index (χ0) is 28.6. The summed E-state index contributed by atoms with van der Waals surface area (Å²) in [6.07, 6.45) is 1.67. The van der Waals surface area contributed by atoms with Gasteiger partial charge in [-0.05, 0) is 61.9 Å². The Bertz CT molecular complexity index is 1370. The average molecular weight is 611 g/mol. The van der Waals surface area contributed by atoms with Crippen molar-refractivity contribution in [2.24, 2.45) is 0 Å². The van der Waals surface area contributed by atoms with Crippen molar-refractivity contribution in [3.8, 4) is 0 Å². The molecule has 0 aliphatic heterocycles. The molecular weight excluding hydrogens is 581 g/mol. The molecule has 0 bridgehead atoms. The van der Waals surface area contributed by atoms with Crippen molar-refractivity contribution in [3.63, 3.8) is 0 Å². The highest BCUT2D eigenvalue weighted by atomic mass is 35.5. The van der Waals surface area contributed by atoms with E-state index in [4.69, 9.17) is 34.8 Å². The molecule has 1 atom stereocenters. The van der Waals surface area contributed by atoms with Crippen LogP contribution >= 0.6 is 34.8 Å². The highest BCUT2D eigenvalue weighted by Gasteiger charge is 2.33. The van der Waals surface area contributed by atoms with Gasteiger partial charge in [-0.15, -0.1) is 0 Å². The monoisotopic (exact) mass is 609 g/mol. The maximum atomic E-state index is 13.9. The Balaban J connectivity index is 2.01. The molecule has 3 aromatic carbocycles. The summed E-state index contributed by atoms with van der Waals surface area (Å²) in [5.41, 5.74) is 0.741. The van der Waals surface area contributed by atoms with Gasteiger partial charge in [-0.3, -0.25) is 13.9 Å². The lowest BCUT2D eigenvalue weighted by atomic mass is 10.1. The van der Waals surface area contributed by atoms with Crippen LogP contribution in [0.5, 0.6) is 0 Å². The first-order valence-electron chi connectivity index (χ1n) is 12.4. The second-order valence-corrected chi connectivity index (χ2v) is 12.0. The average Bonchev–Trinajstić information content (AvgIpc) is 2.92. The number of rotatable bonds is 12. The summed E-state index contributed by atoms with van der Waals surface area (Å²) in [5.74, 6) is -0.975. The fraction of sp³-hybridized carbons (Fsp3) is 0.286. The summed E-state index contributed by atoms with van der Waals surface area (Å²) in [6.45, 7) is 3.39. The van der Waals surface area contributed by atoms with Crippen LogP contribution in [-0.4, -0.2) is 44.3 Å². The molecule has 3 aromatic rings. The number of amides is 2. The van der Waals surface area contributed by atoms with Crippen LogP contribution in [0.3, 0.4) is 0 Å². The molecule has 0 aliphatic rings. The van der Waals surface area contributed by atoms with E-state index in [-0.39, 0.29) is 23.0 Å². The number of nitrogens with one attached hydrogen (secondary N) is 1. The van der Waals surface area contributed by atoms with E-state index < -0.39 is 28.5 Å². The lowest BCUT2D eigenvalue weighted by Crippen LogP contribution is -2.51. The number of unbranched alkanes of at least 4 members (excludes halogenated alkanes) is 1. The number of nitrogens with zero attached hydrogens (tertiary/aromatic N) is 2. The first-order chi connectivity index (χ1) is 18.6. The van der Waals surface area contributed by atoms with E-state index in [0.29, 0.717) is 27.2 Å². The minimum Gasteiger partial charge on any atom is -0.354 e. The van der Waals surface area contributed by atoms with Gasteiger partial charge in [-0.25, -0.2) is 8.42 Å². The number of hydrogen-bond donors (Lipinski definition) is 1. The van der Waals surface area contributed by atoms with Crippen LogP contribution < -0.4 is 9.62 Å². The minimum absolute atomic E-state index is 0.0328. The smallest absolute Gasteiger partial charge is 0.264 e. The number of benzene rings is 3. The highest BCUT2D eigenvalue weighted by molar-refractivity contribution is 7.92. The molecule has 1 unspecified atom stereocenters. The zero-order valence-electron chi connectivity index (χ0n) is 21.6. The van der Waals surface area contributed by atoms with Gasteiger partial charge in [0.1, 0.15) is 12.6 Å². The molecule has 0 saturated carbocycles. The van der Waals surface area contributed by atoms with Gasteiger partial charge in [0.05, 0.1) is 10.6 Å². The number of para-hydroxylation sites is 1. The molecule has 0 saturated heterocycles. The van der Waals surface area contributed by atoms with Gasteiger partial charge in [0.2, 0.25) is 11.8 Å². The normalized spacial score (nSPS) is 12.0. The van der Waals surface area contributed by atoms with Crippen LogP contribution in [0.2, 0.25) is 15.1 Å². The Hall–Kier alpha value is -2.78. The SMILES string of the molecule is CCCCNC(=O)C(C)N(Cc1c(Cl)cccc1Cl)C(=O)CN(c1ccccc1)S(=O)(=O)c1ccc(Cl)cc1. The predicted molar refractivity (Wildman–Crippen MR) is 157 cm³/mol. The molecule has 0 heterocycles. The lowest BCUT2D eigenvalue weighted by Gasteiger charge is -2.32. The molecule has 7 nitrogen and oxygen atoms in total. The van der Waals surface area contributed by atoms with Crippen LogP contribution in [0.1, 0.15) is 32.3 Å². The number of hydrogen-bond acceptors (Lipinski definition) is 4. The molecule has 208 valence electrons. The summed E-state index contributed by atoms with van der Waals surface area (Å²) >= 11 is 18.8. The Labute approximate surface area is 244 Å². The number of carbonyl (C=O) groups is 2. The van der Waals surface area contributed by atoms with Gasteiger partial charge in [-0.2, -0.15) is 0 Å². The quantitative estimate of drug-likeness (QED) is 0.248. The van der Waals surface area contributed by atoms with Gasteiger partial charge in [0, 0.05) is 33.7 Å². The molecule has 0 radical (unpaired) electrons. The van der Waals surface area contributed by atoms with Crippen molar-refractivity contribution in [2.45, 2.75) is 44.2 Å². The first kappa shape index (κ1) is 30.8. The topological polar surface area (TPSA) is 86.8 Å². The summed E-state index contributed by atoms with van der Waals surface area (Å²) < 4.78 is 28.5. The summed E-state index contributed by atoms with van der Waals surface area (Å²) in [6, 6.07) is 18.0. The van der Waals surface area contributed by atoms with Crippen molar-refractivity contribution in [1.29, 1.82) is 0 Å². The number of anilines is 1. The van der Waals surface area contributed by atoms with E-state index in [9.17, 15) is 18.0 Å². The van der Waals surface area contributed by atoms with E-state index in [1.807, 2.05) is 6.92 Å². The third-order valence-corrected chi connectivity index (χ3v) is 8.86. The van der Waals surface area contributed by atoms with Crippen molar-refractivity contribution >= 4 is 62.3 Å². The predicted octanol–water partition coefficient (Wildman–Crippen LogP) is 6.18. The number of carbonyl (C=O) groups excluding carboxylic acids is 2. The van der Waals surface area contributed by atoms with Gasteiger partial charge in [0.15, 0.2) is 0 Å². The molecule has 0 aliphatic carbocycles. The summed E-state index contributed by atoms with van der Waals surface area (Å²) in [7, 11) is -4.18. The van der Waals surface area contributed by atoms with Gasteiger partial charge in [-0.1, -0.05) is 72.4 Å². The summed E-state index contributed by atoms with van der Waals surface area (Å²) in [5, 5.41) is 3.87. The fourth-order valence-electron chi connectivity index (χ4n) is 3.83. The van der Waals surface area contributed by atoms with Crippen LogP contribution in [0.4, 0.5) is 5.69 Å². The Kier molecular flexibility index (Phi) is 11.1. The number of halogens is 3. The molecule has 1 N–H and O–H groups in total. The van der Waals surface area contributed by atoms with Crippen molar-refractivity contribution in [1.82, 2.24) is 10.2 Å². The molecular formula is C28H30Cl3N3O4S. The first-order valence-corrected chi connectivity index (χ1v) is 15.0. The van der Waals surface area contributed by atoms with E-state index in [2.05, 4.69) is 5.32 Å². The van der Waals surface area contributed by atoms with E-state index in [0.717, 1.165) is 17.1 Å². The third kappa shape index (κ3) is 7.88. The van der Waals surface area contributed by atoms with E-state index >= 15 is 0 Å². The van der Waals surface area contributed by atoms with Crippen LogP contribution in [0.25, 0.3) is 0 Å². The maximum absolute atomic E-state index is 13.9. The summed E-state index contributed by atoms with van der Waals surface area (Å²) in [4.78, 5) is 28.2. The zero-order valence-corrected chi connectivity index (χ0v) is 24.7. The molecule has 39 heavy (non-hydrogen) atoms. The molecule has 0 fully saturated rings. The van der Waals surface area contributed by atoms with Gasteiger partial charge < -0.3 is 10.2 Å². The molecule has 11 heteroatoms. The third-order valence-electron chi connectivity index (χ3n) is 6.11. The maximum Gasteiger partial charge on any atom is 0.264 e. The standard InChI is InChI=1S/C28H30Cl3N3O4S/c1-3-4-17-32-28(36)20(2)33(18-24-25(30)11-8-12-26(24)31)27(35)19-34(22-9-6-5-7-10-22)39(37,38)23-15-13-21(29)14-16-23/h5-16,20H,3-4,17-19H2,1-2H3,(H,32,36). The second kappa shape index (κ2) is 14.0. The fourth-order valence-corrected chi connectivity index (χ4v) is 5.89. The van der Waals surface area contributed by atoms with Crippen molar-refractivity contribution in [2.75, 3.05) is 17.4 Å². The van der Waals surface area contributed by atoms with Gasteiger partial charge >= 0.3 is 0 Å². The number of sulfonamides is 1. The second-order valence-electron chi connectivity index (χ2n) is 8.84. The lowest BCUT2D eigenvalue weighted by molar-refractivity contribution is -0.139. The van der Waals surface area contributed by atoms with Crippen LogP contribution in [0.15, 0.2) is 77.7 Å². The van der Waals surface area contributed by atoms with Crippen LogP contribution in [0, 0.1) is 0 Å². The largest absolute Gasteiger partial charge is 0.354 e. The Morgan fingerprint density at radius 2 is 1.51 bits per heavy atom. The highest BCUT2D eigenvalue weighted by Crippen LogP contribution is 2.28.